The normalized spacial score (nSPS) is 14.6. The summed E-state index contributed by atoms with van der Waals surface area (Å²) in [5, 5.41) is 11.6. The number of rotatable bonds is 5. The molecule has 1 heterocycles. The highest BCUT2D eigenvalue weighted by Crippen LogP contribution is 2.22. The van der Waals surface area contributed by atoms with E-state index in [-0.39, 0.29) is 5.91 Å². The SMILES string of the molecule is Cc1ccc(N=Nc2ccc(NCN3C(=O)CSC3=S)cc2)cc1. The molecule has 0 bridgehead atoms. The van der Waals surface area contributed by atoms with Crippen LogP contribution in [0.1, 0.15) is 5.56 Å². The average molecular weight is 356 g/mol. The first-order valence-electron chi connectivity index (χ1n) is 7.41. The molecule has 2 aromatic rings. The van der Waals surface area contributed by atoms with E-state index in [1.165, 1.54) is 17.3 Å². The summed E-state index contributed by atoms with van der Waals surface area (Å²) < 4.78 is 0.621. The molecule has 1 N–H and O–H groups in total. The van der Waals surface area contributed by atoms with E-state index in [1.54, 1.807) is 4.90 Å². The summed E-state index contributed by atoms with van der Waals surface area (Å²) in [4.78, 5) is 13.2. The Labute approximate surface area is 150 Å². The van der Waals surface area contributed by atoms with Gasteiger partial charge in [-0.25, -0.2) is 0 Å². The summed E-state index contributed by atoms with van der Waals surface area (Å²) in [6, 6.07) is 15.4. The standard InChI is InChI=1S/C17H16N4OS2/c1-12-2-4-14(5-3-12)19-20-15-8-6-13(7-9-15)18-11-21-16(22)10-24-17(21)23/h2-9,18H,10-11H2,1H3. The van der Waals surface area contributed by atoms with Crippen LogP contribution < -0.4 is 5.32 Å². The van der Waals surface area contributed by atoms with Gasteiger partial charge < -0.3 is 5.32 Å². The number of thiocarbonyl (C=S) groups is 1. The molecule has 1 fully saturated rings. The topological polar surface area (TPSA) is 57.1 Å². The Morgan fingerprint density at radius 1 is 1.08 bits per heavy atom. The average Bonchev–Trinajstić information content (AvgIpc) is 2.92. The van der Waals surface area contributed by atoms with Gasteiger partial charge in [-0.1, -0.05) is 41.7 Å². The zero-order chi connectivity index (χ0) is 16.9. The fourth-order valence-electron chi connectivity index (χ4n) is 2.08. The van der Waals surface area contributed by atoms with Gasteiger partial charge in [-0.05, 0) is 43.3 Å². The summed E-state index contributed by atoms with van der Waals surface area (Å²) in [5.74, 6) is 0.472. The number of carbonyl (C=O) groups is 1. The van der Waals surface area contributed by atoms with E-state index >= 15 is 0 Å². The fraction of sp³-hybridized carbons (Fsp3) is 0.176. The Balaban J connectivity index is 1.58. The first kappa shape index (κ1) is 16.6. The van der Waals surface area contributed by atoms with E-state index in [4.69, 9.17) is 12.2 Å². The van der Waals surface area contributed by atoms with E-state index in [0.29, 0.717) is 16.7 Å². The lowest BCUT2D eigenvalue weighted by atomic mass is 10.2. The molecule has 1 aliphatic heterocycles. The third-order valence-corrected chi connectivity index (χ3v) is 4.90. The number of hydrogen-bond donors (Lipinski definition) is 1. The van der Waals surface area contributed by atoms with Crippen molar-refractivity contribution in [1.82, 2.24) is 4.90 Å². The summed E-state index contributed by atoms with van der Waals surface area (Å²) in [5.41, 5.74) is 3.68. The van der Waals surface area contributed by atoms with E-state index in [0.717, 1.165) is 17.1 Å². The quantitative estimate of drug-likeness (QED) is 0.626. The smallest absolute Gasteiger partial charge is 0.239 e. The van der Waals surface area contributed by atoms with Gasteiger partial charge in [0.1, 0.15) is 4.32 Å². The number of anilines is 1. The number of benzene rings is 2. The molecule has 0 unspecified atom stereocenters. The minimum atomic E-state index is 0.0426. The summed E-state index contributed by atoms with van der Waals surface area (Å²) in [6.07, 6.45) is 0. The maximum absolute atomic E-state index is 11.7. The molecule has 1 aliphatic rings. The van der Waals surface area contributed by atoms with Gasteiger partial charge in [-0.2, -0.15) is 10.2 Å². The van der Waals surface area contributed by atoms with Crippen molar-refractivity contribution in [2.45, 2.75) is 6.92 Å². The number of nitrogens with one attached hydrogen (secondary N) is 1. The number of thioether (sulfide) groups is 1. The molecule has 0 spiro atoms. The van der Waals surface area contributed by atoms with Crippen molar-refractivity contribution in [3.8, 4) is 0 Å². The molecule has 122 valence electrons. The van der Waals surface area contributed by atoms with Gasteiger partial charge >= 0.3 is 0 Å². The van der Waals surface area contributed by atoms with Crippen LogP contribution in [0.3, 0.4) is 0 Å². The van der Waals surface area contributed by atoms with Crippen LogP contribution in [0.5, 0.6) is 0 Å². The lowest BCUT2D eigenvalue weighted by molar-refractivity contribution is -0.123. The molecule has 24 heavy (non-hydrogen) atoms. The van der Waals surface area contributed by atoms with Crippen LogP contribution >= 0.6 is 24.0 Å². The maximum Gasteiger partial charge on any atom is 0.239 e. The molecule has 0 aromatic heterocycles. The van der Waals surface area contributed by atoms with Crippen molar-refractivity contribution in [2.75, 3.05) is 17.7 Å². The molecule has 0 aliphatic carbocycles. The molecule has 1 amide bonds. The van der Waals surface area contributed by atoms with Crippen LogP contribution in [-0.4, -0.2) is 27.5 Å². The van der Waals surface area contributed by atoms with Crippen molar-refractivity contribution in [2.24, 2.45) is 10.2 Å². The summed E-state index contributed by atoms with van der Waals surface area (Å²) >= 11 is 6.54. The van der Waals surface area contributed by atoms with Gasteiger partial charge in [-0.15, -0.1) is 0 Å². The second-order valence-corrected chi connectivity index (χ2v) is 6.90. The predicted octanol–water partition coefficient (Wildman–Crippen LogP) is 4.64. The Hall–Kier alpha value is -2.25. The van der Waals surface area contributed by atoms with Crippen molar-refractivity contribution < 1.29 is 4.79 Å². The van der Waals surface area contributed by atoms with Crippen LogP contribution in [0.25, 0.3) is 0 Å². The molecule has 0 atom stereocenters. The third-order valence-electron chi connectivity index (χ3n) is 3.46. The van der Waals surface area contributed by atoms with Gasteiger partial charge in [0, 0.05) is 5.69 Å². The molecule has 2 aromatic carbocycles. The monoisotopic (exact) mass is 356 g/mol. The second-order valence-electron chi connectivity index (χ2n) is 5.29. The van der Waals surface area contributed by atoms with E-state index < -0.39 is 0 Å². The molecule has 7 heteroatoms. The molecule has 3 rings (SSSR count). The van der Waals surface area contributed by atoms with E-state index in [1.807, 2.05) is 55.5 Å². The molecular formula is C17H16N4OS2. The highest BCUT2D eigenvalue weighted by molar-refractivity contribution is 8.23. The van der Waals surface area contributed by atoms with Crippen molar-refractivity contribution >= 4 is 51.3 Å². The fourth-order valence-corrected chi connectivity index (χ4v) is 3.15. The van der Waals surface area contributed by atoms with Gasteiger partial charge in [-0.3, -0.25) is 9.69 Å². The first-order valence-corrected chi connectivity index (χ1v) is 8.81. The largest absolute Gasteiger partial charge is 0.367 e. The third kappa shape index (κ3) is 4.18. The van der Waals surface area contributed by atoms with Crippen LogP contribution in [-0.2, 0) is 4.79 Å². The van der Waals surface area contributed by atoms with Crippen LogP contribution in [0.4, 0.5) is 17.1 Å². The highest BCUT2D eigenvalue weighted by atomic mass is 32.2. The van der Waals surface area contributed by atoms with Gasteiger partial charge in [0.25, 0.3) is 0 Å². The second kappa shape index (κ2) is 7.55. The van der Waals surface area contributed by atoms with Gasteiger partial charge in [0.2, 0.25) is 5.91 Å². The Morgan fingerprint density at radius 3 is 2.21 bits per heavy atom. The number of aryl methyl sites for hydroxylation is 1. The molecule has 0 radical (unpaired) electrons. The zero-order valence-electron chi connectivity index (χ0n) is 13.1. The van der Waals surface area contributed by atoms with Crippen LogP contribution in [0, 0.1) is 6.92 Å². The first-order chi connectivity index (χ1) is 11.6. The highest BCUT2D eigenvalue weighted by Gasteiger charge is 2.25. The minimum absolute atomic E-state index is 0.0426. The summed E-state index contributed by atoms with van der Waals surface area (Å²) in [6.45, 7) is 2.42. The molecular weight excluding hydrogens is 340 g/mol. The Kier molecular flexibility index (Phi) is 5.22. The maximum atomic E-state index is 11.7. The van der Waals surface area contributed by atoms with E-state index in [9.17, 15) is 4.79 Å². The Morgan fingerprint density at radius 2 is 1.67 bits per heavy atom. The lowest BCUT2D eigenvalue weighted by Gasteiger charge is -2.16. The van der Waals surface area contributed by atoms with Crippen LogP contribution in [0.15, 0.2) is 58.8 Å². The number of hydrogen-bond acceptors (Lipinski definition) is 6. The molecule has 1 saturated heterocycles. The zero-order valence-corrected chi connectivity index (χ0v) is 14.7. The molecule has 5 nitrogen and oxygen atoms in total. The van der Waals surface area contributed by atoms with Gasteiger partial charge in [0.05, 0.1) is 23.8 Å². The summed E-state index contributed by atoms with van der Waals surface area (Å²) in [7, 11) is 0. The predicted molar refractivity (Wildman–Crippen MR) is 102 cm³/mol. The van der Waals surface area contributed by atoms with Crippen molar-refractivity contribution in [3.63, 3.8) is 0 Å². The van der Waals surface area contributed by atoms with E-state index in [2.05, 4.69) is 15.5 Å². The van der Waals surface area contributed by atoms with Crippen molar-refractivity contribution in [1.29, 1.82) is 0 Å². The minimum Gasteiger partial charge on any atom is -0.367 e. The number of carbonyl (C=O) groups excluding carboxylic acids is 1. The number of nitrogens with zero attached hydrogens (tertiary/aromatic N) is 3. The molecule has 0 saturated carbocycles. The van der Waals surface area contributed by atoms with Gasteiger partial charge in [0.15, 0.2) is 0 Å². The number of azo groups is 1. The number of amides is 1. The van der Waals surface area contributed by atoms with Crippen LogP contribution in [0.2, 0.25) is 0 Å². The Bertz CT molecular complexity index is 756. The lowest BCUT2D eigenvalue weighted by Crippen LogP contribution is -2.33. The van der Waals surface area contributed by atoms with Crippen molar-refractivity contribution in [3.05, 3.63) is 54.1 Å².